The number of amides is 1. The average Bonchev–Trinajstić information content (AvgIpc) is 2.60. The fourth-order valence-electron chi connectivity index (χ4n) is 2.03. The van der Waals surface area contributed by atoms with Crippen LogP contribution in [0.25, 0.3) is 0 Å². The summed E-state index contributed by atoms with van der Waals surface area (Å²) < 4.78 is 4.94. The molecule has 2 aromatic rings. The lowest BCUT2D eigenvalue weighted by atomic mass is 10.1. The molecule has 0 saturated carbocycles. The Hall–Kier alpha value is -2.66. The zero-order valence-corrected chi connectivity index (χ0v) is 13.0. The van der Waals surface area contributed by atoms with Crippen molar-refractivity contribution < 1.29 is 14.3 Å². The highest BCUT2D eigenvalue weighted by atomic mass is 16.5. The van der Waals surface area contributed by atoms with Crippen molar-refractivity contribution in [2.24, 2.45) is 0 Å². The predicted molar refractivity (Wildman–Crippen MR) is 88.0 cm³/mol. The summed E-state index contributed by atoms with van der Waals surface area (Å²) in [5.74, 6) is -0.476. The first-order valence-corrected chi connectivity index (χ1v) is 7.55. The van der Waals surface area contributed by atoms with Gasteiger partial charge in [-0.1, -0.05) is 30.3 Å². The SMILES string of the molecule is CCOC(=O)c1ccc(CCNNC(=O)c2ccccc2)cc1. The molecule has 2 rings (SSSR count). The van der Waals surface area contributed by atoms with Crippen LogP contribution in [0.3, 0.4) is 0 Å². The largest absolute Gasteiger partial charge is 0.462 e. The molecule has 0 bridgehead atoms. The quantitative estimate of drug-likeness (QED) is 0.468. The number of carbonyl (C=O) groups excluding carboxylic acids is 2. The predicted octanol–water partition coefficient (Wildman–Crippen LogP) is 2.34. The number of nitrogens with one attached hydrogen (secondary N) is 2. The Bertz CT molecular complexity index is 639. The maximum atomic E-state index is 11.8. The standard InChI is InChI=1S/C18H20N2O3/c1-2-23-18(22)16-10-8-14(9-11-16)12-13-19-20-17(21)15-6-4-3-5-7-15/h3-11,19H,2,12-13H2,1H3,(H,20,21). The van der Waals surface area contributed by atoms with E-state index in [1.165, 1.54) is 0 Å². The molecule has 0 saturated heterocycles. The first kappa shape index (κ1) is 16.7. The lowest BCUT2D eigenvalue weighted by Gasteiger charge is -2.08. The minimum absolute atomic E-state index is 0.164. The number of esters is 1. The summed E-state index contributed by atoms with van der Waals surface area (Å²) in [4.78, 5) is 23.4. The van der Waals surface area contributed by atoms with E-state index in [0.717, 1.165) is 12.0 Å². The van der Waals surface area contributed by atoms with Crippen LogP contribution in [-0.2, 0) is 11.2 Å². The monoisotopic (exact) mass is 312 g/mol. The number of hydrogen-bond donors (Lipinski definition) is 2. The molecule has 5 heteroatoms. The molecule has 0 radical (unpaired) electrons. The molecule has 0 aromatic heterocycles. The molecule has 23 heavy (non-hydrogen) atoms. The molecular weight excluding hydrogens is 292 g/mol. The van der Waals surface area contributed by atoms with E-state index in [9.17, 15) is 9.59 Å². The lowest BCUT2D eigenvalue weighted by molar-refractivity contribution is 0.0526. The molecule has 120 valence electrons. The van der Waals surface area contributed by atoms with Gasteiger partial charge in [0.15, 0.2) is 0 Å². The van der Waals surface area contributed by atoms with Crippen LogP contribution in [0.5, 0.6) is 0 Å². The summed E-state index contributed by atoms with van der Waals surface area (Å²) >= 11 is 0. The van der Waals surface area contributed by atoms with Crippen molar-refractivity contribution in [1.29, 1.82) is 0 Å². The van der Waals surface area contributed by atoms with E-state index >= 15 is 0 Å². The van der Waals surface area contributed by atoms with E-state index in [4.69, 9.17) is 4.74 Å². The van der Waals surface area contributed by atoms with Gasteiger partial charge in [0.1, 0.15) is 0 Å². The van der Waals surface area contributed by atoms with Crippen LogP contribution in [0.15, 0.2) is 54.6 Å². The Morgan fingerprint density at radius 3 is 2.30 bits per heavy atom. The second kappa shape index (κ2) is 8.70. The summed E-state index contributed by atoms with van der Waals surface area (Å²) in [6, 6.07) is 16.3. The van der Waals surface area contributed by atoms with E-state index in [-0.39, 0.29) is 11.9 Å². The minimum atomic E-state index is -0.313. The number of benzene rings is 2. The molecule has 0 atom stereocenters. The molecule has 0 unspecified atom stereocenters. The number of carbonyl (C=O) groups is 2. The third-order valence-electron chi connectivity index (χ3n) is 3.24. The van der Waals surface area contributed by atoms with E-state index in [2.05, 4.69) is 10.9 Å². The third kappa shape index (κ3) is 5.23. The number of hydrazine groups is 1. The fourth-order valence-corrected chi connectivity index (χ4v) is 2.03. The molecule has 1 amide bonds. The average molecular weight is 312 g/mol. The van der Waals surface area contributed by atoms with Crippen molar-refractivity contribution in [1.82, 2.24) is 10.9 Å². The normalized spacial score (nSPS) is 10.1. The summed E-state index contributed by atoms with van der Waals surface area (Å²) in [5.41, 5.74) is 7.77. The van der Waals surface area contributed by atoms with Gasteiger partial charge >= 0.3 is 5.97 Å². The first-order chi connectivity index (χ1) is 11.2. The van der Waals surface area contributed by atoms with Gasteiger partial charge in [0.05, 0.1) is 12.2 Å². The Kier molecular flexibility index (Phi) is 6.32. The van der Waals surface area contributed by atoms with E-state index < -0.39 is 0 Å². The highest BCUT2D eigenvalue weighted by molar-refractivity contribution is 5.93. The molecule has 2 aromatic carbocycles. The van der Waals surface area contributed by atoms with Crippen molar-refractivity contribution in [2.45, 2.75) is 13.3 Å². The highest BCUT2D eigenvalue weighted by Gasteiger charge is 2.06. The van der Waals surface area contributed by atoms with Gasteiger partial charge in [0.25, 0.3) is 5.91 Å². The Morgan fingerprint density at radius 2 is 1.65 bits per heavy atom. The van der Waals surface area contributed by atoms with Crippen LogP contribution in [0.4, 0.5) is 0 Å². The highest BCUT2D eigenvalue weighted by Crippen LogP contribution is 2.06. The second-order valence-electron chi connectivity index (χ2n) is 4.91. The smallest absolute Gasteiger partial charge is 0.338 e. The van der Waals surface area contributed by atoms with Gasteiger partial charge in [-0.25, -0.2) is 10.2 Å². The summed E-state index contributed by atoms with van der Waals surface area (Å²) in [6.07, 6.45) is 0.734. The fraction of sp³-hybridized carbons (Fsp3) is 0.222. The molecule has 0 fully saturated rings. The Morgan fingerprint density at radius 1 is 0.957 bits per heavy atom. The van der Waals surface area contributed by atoms with Gasteiger partial charge in [-0.05, 0) is 43.2 Å². The van der Waals surface area contributed by atoms with Crippen LogP contribution >= 0.6 is 0 Å². The summed E-state index contributed by atoms with van der Waals surface area (Å²) in [7, 11) is 0. The molecule has 0 aliphatic carbocycles. The molecule has 0 spiro atoms. The van der Waals surface area contributed by atoms with E-state index in [0.29, 0.717) is 24.3 Å². The van der Waals surface area contributed by atoms with Crippen LogP contribution in [0.2, 0.25) is 0 Å². The zero-order chi connectivity index (χ0) is 16.5. The first-order valence-electron chi connectivity index (χ1n) is 7.55. The molecule has 0 aliphatic rings. The van der Waals surface area contributed by atoms with Crippen molar-refractivity contribution >= 4 is 11.9 Å². The van der Waals surface area contributed by atoms with Crippen LogP contribution in [0.1, 0.15) is 33.2 Å². The van der Waals surface area contributed by atoms with Gasteiger partial charge in [0, 0.05) is 12.1 Å². The maximum Gasteiger partial charge on any atom is 0.338 e. The second-order valence-corrected chi connectivity index (χ2v) is 4.91. The van der Waals surface area contributed by atoms with Crippen molar-refractivity contribution in [3.8, 4) is 0 Å². The summed E-state index contributed by atoms with van der Waals surface area (Å²) in [5, 5.41) is 0. The van der Waals surface area contributed by atoms with E-state index in [1.54, 1.807) is 31.2 Å². The molecule has 0 heterocycles. The Balaban J connectivity index is 1.74. The van der Waals surface area contributed by atoms with Crippen LogP contribution < -0.4 is 10.9 Å². The van der Waals surface area contributed by atoms with Gasteiger partial charge < -0.3 is 4.74 Å². The maximum absolute atomic E-state index is 11.8. The summed E-state index contributed by atoms with van der Waals surface area (Å²) in [6.45, 7) is 2.74. The van der Waals surface area contributed by atoms with Crippen LogP contribution in [-0.4, -0.2) is 25.0 Å². The molecule has 2 N–H and O–H groups in total. The minimum Gasteiger partial charge on any atom is -0.462 e. The molecular formula is C18H20N2O3. The lowest BCUT2D eigenvalue weighted by Crippen LogP contribution is -2.38. The molecule has 5 nitrogen and oxygen atoms in total. The van der Waals surface area contributed by atoms with Gasteiger partial charge in [-0.15, -0.1) is 0 Å². The third-order valence-corrected chi connectivity index (χ3v) is 3.24. The number of rotatable bonds is 7. The Labute approximate surface area is 135 Å². The van der Waals surface area contributed by atoms with Gasteiger partial charge in [-0.3, -0.25) is 10.2 Å². The zero-order valence-electron chi connectivity index (χ0n) is 13.0. The van der Waals surface area contributed by atoms with Crippen molar-refractivity contribution in [2.75, 3.05) is 13.2 Å². The number of hydrogen-bond acceptors (Lipinski definition) is 4. The van der Waals surface area contributed by atoms with Crippen LogP contribution in [0, 0.1) is 0 Å². The van der Waals surface area contributed by atoms with Gasteiger partial charge in [-0.2, -0.15) is 0 Å². The van der Waals surface area contributed by atoms with Gasteiger partial charge in [0.2, 0.25) is 0 Å². The topological polar surface area (TPSA) is 67.4 Å². The number of ether oxygens (including phenoxy) is 1. The molecule has 0 aliphatic heterocycles. The van der Waals surface area contributed by atoms with Crippen molar-refractivity contribution in [3.63, 3.8) is 0 Å². The van der Waals surface area contributed by atoms with Crippen molar-refractivity contribution in [3.05, 3.63) is 71.3 Å². The van der Waals surface area contributed by atoms with E-state index in [1.807, 2.05) is 30.3 Å².